The fourth-order valence-electron chi connectivity index (χ4n) is 3.44. The number of hydrogen-bond donors (Lipinski definition) is 2. The van der Waals surface area contributed by atoms with Crippen molar-refractivity contribution in [2.75, 3.05) is 11.9 Å². The van der Waals surface area contributed by atoms with Crippen molar-refractivity contribution in [2.45, 2.75) is 37.5 Å². The van der Waals surface area contributed by atoms with Gasteiger partial charge in [-0.3, -0.25) is 9.79 Å². The van der Waals surface area contributed by atoms with E-state index in [2.05, 4.69) is 26.2 Å². The average Bonchev–Trinajstić information content (AvgIpc) is 2.66. The SMILES string of the molecule is C#CCOc1cnc(C(=O)Nc2ccc(F)c([C@]3(C)CC(C)(C)SC(N)=N3)c2)cn1. The van der Waals surface area contributed by atoms with E-state index in [0.717, 1.165) is 0 Å². The van der Waals surface area contributed by atoms with Gasteiger partial charge in [-0.2, -0.15) is 0 Å². The molecule has 7 nitrogen and oxygen atoms in total. The monoisotopic (exact) mass is 427 g/mol. The lowest BCUT2D eigenvalue weighted by atomic mass is 9.83. The lowest BCUT2D eigenvalue weighted by molar-refractivity contribution is 0.102. The summed E-state index contributed by atoms with van der Waals surface area (Å²) in [7, 11) is 0. The van der Waals surface area contributed by atoms with Crippen LogP contribution in [0.25, 0.3) is 0 Å². The van der Waals surface area contributed by atoms with E-state index < -0.39 is 17.3 Å². The molecule has 2 heterocycles. The van der Waals surface area contributed by atoms with E-state index >= 15 is 0 Å². The number of thioether (sulfide) groups is 1. The molecule has 3 rings (SSSR count). The first kappa shape index (κ1) is 21.6. The number of amidine groups is 1. The van der Waals surface area contributed by atoms with Crippen molar-refractivity contribution in [1.29, 1.82) is 0 Å². The van der Waals surface area contributed by atoms with Crippen LogP contribution < -0.4 is 15.8 Å². The Hall–Kier alpha value is -3.12. The zero-order valence-corrected chi connectivity index (χ0v) is 17.7. The summed E-state index contributed by atoms with van der Waals surface area (Å²) in [4.78, 5) is 25.0. The number of hydrogen-bond acceptors (Lipinski definition) is 7. The average molecular weight is 428 g/mol. The van der Waals surface area contributed by atoms with E-state index in [9.17, 15) is 9.18 Å². The zero-order chi connectivity index (χ0) is 21.9. The minimum absolute atomic E-state index is 0.0552. The standard InChI is InChI=1S/C21H22FN5O2S/c1-5-8-29-17-11-24-16(10-25-17)18(28)26-13-6-7-15(22)14(9-13)21(4)12-20(2,3)30-19(23)27-21/h1,6-7,9-11H,8,12H2,2-4H3,(H2,23,27)(H,26,28)/t21-/m0/s1. The van der Waals surface area contributed by atoms with E-state index in [1.807, 2.05) is 20.8 Å². The van der Waals surface area contributed by atoms with Gasteiger partial charge in [0.1, 0.15) is 11.5 Å². The molecule has 0 bridgehead atoms. The van der Waals surface area contributed by atoms with Gasteiger partial charge in [-0.1, -0.05) is 31.5 Å². The van der Waals surface area contributed by atoms with Crippen molar-refractivity contribution in [3.05, 3.63) is 47.7 Å². The van der Waals surface area contributed by atoms with Crippen LogP contribution in [0.15, 0.2) is 35.6 Å². The Morgan fingerprint density at radius 2 is 2.13 bits per heavy atom. The molecule has 0 fully saturated rings. The number of rotatable bonds is 5. The number of anilines is 1. The number of carbonyl (C=O) groups is 1. The van der Waals surface area contributed by atoms with Crippen LogP contribution in [-0.2, 0) is 5.54 Å². The molecule has 3 N–H and O–H groups in total. The van der Waals surface area contributed by atoms with Gasteiger partial charge < -0.3 is 15.8 Å². The number of nitrogens with zero attached hydrogens (tertiary/aromatic N) is 3. The highest BCUT2D eigenvalue weighted by Crippen LogP contribution is 2.45. The first-order valence-corrected chi connectivity index (χ1v) is 9.97. The summed E-state index contributed by atoms with van der Waals surface area (Å²) in [6.45, 7) is 5.97. The molecular weight excluding hydrogens is 405 g/mol. The molecule has 1 aliphatic heterocycles. The van der Waals surface area contributed by atoms with Crippen LogP contribution in [0, 0.1) is 18.2 Å². The van der Waals surface area contributed by atoms with E-state index in [1.54, 1.807) is 6.07 Å². The van der Waals surface area contributed by atoms with Crippen LogP contribution in [0.1, 0.15) is 43.2 Å². The highest BCUT2D eigenvalue weighted by atomic mass is 32.2. The van der Waals surface area contributed by atoms with Crippen LogP contribution in [0.3, 0.4) is 0 Å². The summed E-state index contributed by atoms with van der Waals surface area (Å²) in [6.07, 6.45) is 8.29. The van der Waals surface area contributed by atoms with Gasteiger partial charge in [0.2, 0.25) is 5.88 Å². The number of nitrogens with two attached hydrogens (primary N) is 1. The molecule has 1 amide bonds. The Balaban J connectivity index is 1.83. The first-order valence-electron chi connectivity index (χ1n) is 9.16. The van der Waals surface area contributed by atoms with Crippen LogP contribution in [0.4, 0.5) is 10.1 Å². The fourth-order valence-corrected chi connectivity index (χ4v) is 4.61. The van der Waals surface area contributed by atoms with Gasteiger partial charge in [0.05, 0.1) is 17.9 Å². The minimum atomic E-state index is -0.848. The maximum absolute atomic E-state index is 14.7. The Kier molecular flexibility index (Phi) is 5.99. The Morgan fingerprint density at radius 3 is 2.77 bits per heavy atom. The second-order valence-corrected chi connectivity index (χ2v) is 9.37. The van der Waals surface area contributed by atoms with E-state index in [0.29, 0.717) is 22.8 Å². The van der Waals surface area contributed by atoms with Crippen molar-refractivity contribution in [1.82, 2.24) is 9.97 Å². The third-order valence-electron chi connectivity index (χ3n) is 4.48. The molecular formula is C21H22FN5O2S. The molecule has 0 spiro atoms. The molecule has 0 aliphatic carbocycles. The third-order valence-corrected chi connectivity index (χ3v) is 5.47. The second kappa shape index (κ2) is 8.32. The molecule has 0 saturated carbocycles. The quantitative estimate of drug-likeness (QED) is 0.710. The maximum Gasteiger partial charge on any atom is 0.275 e. The van der Waals surface area contributed by atoms with Gasteiger partial charge in [0.15, 0.2) is 11.8 Å². The van der Waals surface area contributed by atoms with Gasteiger partial charge in [-0.05, 0) is 31.5 Å². The van der Waals surface area contributed by atoms with Crippen molar-refractivity contribution >= 4 is 28.5 Å². The van der Waals surface area contributed by atoms with Gasteiger partial charge in [0.25, 0.3) is 5.91 Å². The van der Waals surface area contributed by atoms with Gasteiger partial charge >= 0.3 is 0 Å². The largest absolute Gasteiger partial charge is 0.463 e. The highest BCUT2D eigenvalue weighted by Gasteiger charge is 2.40. The molecule has 0 saturated heterocycles. The number of nitrogens with one attached hydrogen (secondary N) is 1. The van der Waals surface area contributed by atoms with Crippen LogP contribution in [0.2, 0.25) is 0 Å². The zero-order valence-electron chi connectivity index (χ0n) is 16.9. The molecule has 0 radical (unpaired) electrons. The van der Waals surface area contributed by atoms with Crippen LogP contribution in [0.5, 0.6) is 5.88 Å². The Labute approximate surface area is 178 Å². The number of terminal acetylenes is 1. The molecule has 0 unspecified atom stereocenters. The number of benzene rings is 1. The minimum Gasteiger partial charge on any atom is -0.463 e. The first-order chi connectivity index (χ1) is 14.1. The molecule has 9 heteroatoms. The van der Waals surface area contributed by atoms with Gasteiger partial charge in [-0.15, -0.1) is 6.42 Å². The van der Waals surface area contributed by atoms with Gasteiger partial charge in [0, 0.05) is 16.0 Å². The van der Waals surface area contributed by atoms with Crippen molar-refractivity contribution in [3.63, 3.8) is 0 Å². The topological polar surface area (TPSA) is 102 Å². The van der Waals surface area contributed by atoms with E-state index in [-0.39, 0.29) is 22.9 Å². The number of aromatic nitrogens is 2. The number of halogens is 1. The molecule has 1 atom stereocenters. The number of ether oxygens (including phenoxy) is 1. The molecule has 156 valence electrons. The lowest BCUT2D eigenvalue weighted by Gasteiger charge is -2.39. The van der Waals surface area contributed by atoms with Crippen LogP contribution >= 0.6 is 11.8 Å². The normalized spacial score (nSPS) is 20.0. The molecule has 1 aliphatic rings. The lowest BCUT2D eigenvalue weighted by Crippen LogP contribution is -2.38. The molecule has 1 aromatic heterocycles. The molecule has 2 aromatic rings. The predicted octanol–water partition coefficient (Wildman–Crippen LogP) is 3.33. The van der Waals surface area contributed by atoms with E-state index in [1.165, 1.54) is 36.3 Å². The molecule has 1 aromatic carbocycles. The highest BCUT2D eigenvalue weighted by molar-refractivity contribution is 8.15. The molecule has 30 heavy (non-hydrogen) atoms. The van der Waals surface area contributed by atoms with Crippen molar-refractivity contribution < 1.29 is 13.9 Å². The predicted molar refractivity (Wildman–Crippen MR) is 116 cm³/mol. The summed E-state index contributed by atoms with van der Waals surface area (Å²) in [5.74, 6) is 1.63. The van der Waals surface area contributed by atoms with Gasteiger partial charge in [-0.25, -0.2) is 14.4 Å². The van der Waals surface area contributed by atoms with Crippen LogP contribution in [-0.4, -0.2) is 32.4 Å². The summed E-state index contributed by atoms with van der Waals surface area (Å²) < 4.78 is 19.6. The maximum atomic E-state index is 14.7. The fraction of sp³-hybridized carbons (Fsp3) is 0.333. The third kappa shape index (κ3) is 4.89. The Bertz CT molecular complexity index is 1030. The van der Waals surface area contributed by atoms with Crippen molar-refractivity contribution in [3.8, 4) is 18.2 Å². The number of aliphatic imine (C=N–C) groups is 1. The number of carbonyl (C=O) groups excluding carboxylic acids is 1. The second-order valence-electron chi connectivity index (χ2n) is 7.64. The Morgan fingerprint density at radius 1 is 1.37 bits per heavy atom. The number of amides is 1. The summed E-state index contributed by atoms with van der Waals surface area (Å²) >= 11 is 1.46. The van der Waals surface area contributed by atoms with E-state index in [4.69, 9.17) is 16.9 Å². The summed E-state index contributed by atoms with van der Waals surface area (Å²) in [6, 6.07) is 4.36. The smallest absolute Gasteiger partial charge is 0.275 e. The summed E-state index contributed by atoms with van der Waals surface area (Å²) in [5, 5.41) is 3.12. The summed E-state index contributed by atoms with van der Waals surface area (Å²) in [5.41, 5.74) is 6.00. The van der Waals surface area contributed by atoms with Crippen molar-refractivity contribution in [2.24, 2.45) is 10.7 Å².